The molecular weight excluding hydrogens is 232 g/mol. The van der Waals surface area contributed by atoms with E-state index in [9.17, 15) is 4.79 Å². The van der Waals surface area contributed by atoms with Crippen LogP contribution >= 0.6 is 15.9 Å². The summed E-state index contributed by atoms with van der Waals surface area (Å²) >= 11 is 3.31. The zero-order chi connectivity index (χ0) is 9.84. The minimum atomic E-state index is 0.0183. The third-order valence-electron chi connectivity index (χ3n) is 1.62. The summed E-state index contributed by atoms with van der Waals surface area (Å²) in [6, 6.07) is 5.43. The molecule has 0 unspecified atom stereocenters. The minimum absolute atomic E-state index is 0.0183. The summed E-state index contributed by atoms with van der Waals surface area (Å²) in [6.45, 7) is 4.00. The van der Waals surface area contributed by atoms with Crippen molar-refractivity contribution >= 4 is 21.7 Å². The molecule has 1 rings (SSSR count). The maximum absolute atomic E-state index is 11.2. The molecule has 1 aromatic rings. The van der Waals surface area contributed by atoms with Crippen LogP contribution in [0.2, 0.25) is 0 Å². The summed E-state index contributed by atoms with van der Waals surface area (Å²) in [6.07, 6.45) is 0. The molecule has 70 valence electrons. The van der Waals surface area contributed by atoms with Crippen LogP contribution in [0.3, 0.4) is 0 Å². The van der Waals surface area contributed by atoms with Gasteiger partial charge in [-0.25, -0.2) is 0 Å². The first kappa shape index (κ1) is 10.3. The van der Waals surface area contributed by atoms with E-state index in [0.29, 0.717) is 17.9 Å². The van der Waals surface area contributed by atoms with Crippen molar-refractivity contribution in [1.29, 1.82) is 0 Å². The Morgan fingerprint density at radius 2 is 2.23 bits per heavy atom. The normalized spacial score (nSPS) is 9.77. The Kier molecular flexibility index (Phi) is 3.48. The standard InChI is InChI=1S/C10H11BrO2/c1-3-13-10-5-4-8(11)6-9(10)7(2)12/h4-6H,3H2,1-2H3. The zero-order valence-electron chi connectivity index (χ0n) is 7.63. The molecule has 0 aliphatic carbocycles. The van der Waals surface area contributed by atoms with Crippen LogP contribution in [-0.4, -0.2) is 12.4 Å². The molecule has 0 saturated carbocycles. The highest BCUT2D eigenvalue weighted by atomic mass is 79.9. The van der Waals surface area contributed by atoms with E-state index < -0.39 is 0 Å². The number of carbonyl (C=O) groups is 1. The number of benzene rings is 1. The highest BCUT2D eigenvalue weighted by Gasteiger charge is 2.07. The predicted molar refractivity (Wildman–Crippen MR) is 55.3 cm³/mol. The van der Waals surface area contributed by atoms with Gasteiger partial charge in [0, 0.05) is 4.47 Å². The lowest BCUT2D eigenvalue weighted by Gasteiger charge is -2.07. The third-order valence-corrected chi connectivity index (χ3v) is 2.11. The Labute approximate surface area is 86.0 Å². The number of ketones is 1. The fourth-order valence-electron chi connectivity index (χ4n) is 1.06. The smallest absolute Gasteiger partial charge is 0.163 e. The zero-order valence-corrected chi connectivity index (χ0v) is 9.22. The molecule has 0 aliphatic rings. The van der Waals surface area contributed by atoms with E-state index in [1.807, 2.05) is 13.0 Å². The lowest BCUT2D eigenvalue weighted by atomic mass is 10.1. The van der Waals surface area contributed by atoms with E-state index >= 15 is 0 Å². The van der Waals surface area contributed by atoms with Crippen molar-refractivity contribution in [3.05, 3.63) is 28.2 Å². The van der Waals surface area contributed by atoms with E-state index in [4.69, 9.17) is 4.74 Å². The maximum atomic E-state index is 11.2. The van der Waals surface area contributed by atoms with Crippen LogP contribution < -0.4 is 4.74 Å². The Balaban J connectivity index is 3.10. The van der Waals surface area contributed by atoms with Gasteiger partial charge >= 0.3 is 0 Å². The molecular formula is C10H11BrO2. The fourth-order valence-corrected chi connectivity index (χ4v) is 1.42. The second-order valence-electron chi connectivity index (χ2n) is 2.63. The van der Waals surface area contributed by atoms with Gasteiger partial charge in [-0.3, -0.25) is 4.79 Å². The Hall–Kier alpha value is -0.830. The fraction of sp³-hybridized carbons (Fsp3) is 0.300. The molecule has 0 spiro atoms. The second-order valence-corrected chi connectivity index (χ2v) is 3.55. The number of rotatable bonds is 3. The van der Waals surface area contributed by atoms with Crippen molar-refractivity contribution in [2.24, 2.45) is 0 Å². The Morgan fingerprint density at radius 1 is 1.54 bits per heavy atom. The van der Waals surface area contributed by atoms with Crippen LogP contribution in [0.5, 0.6) is 5.75 Å². The van der Waals surface area contributed by atoms with E-state index in [0.717, 1.165) is 4.47 Å². The van der Waals surface area contributed by atoms with Gasteiger partial charge in [-0.05, 0) is 32.0 Å². The average Bonchev–Trinajstić information content (AvgIpc) is 2.08. The first-order valence-electron chi connectivity index (χ1n) is 4.08. The molecule has 0 N–H and O–H groups in total. The molecule has 13 heavy (non-hydrogen) atoms. The van der Waals surface area contributed by atoms with Gasteiger partial charge in [-0.2, -0.15) is 0 Å². The summed E-state index contributed by atoms with van der Waals surface area (Å²) in [5.41, 5.74) is 0.622. The molecule has 0 atom stereocenters. The molecule has 0 radical (unpaired) electrons. The van der Waals surface area contributed by atoms with Gasteiger partial charge in [-0.1, -0.05) is 15.9 Å². The first-order chi connectivity index (χ1) is 6.15. The summed E-state index contributed by atoms with van der Waals surface area (Å²) in [7, 11) is 0. The number of carbonyl (C=O) groups excluding carboxylic acids is 1. The van der Waals surface area contributed by atoms with Crippen LogP contribution in [0.15, 0.2) is 22.7 Å². The number of halogens is 1. The summed E-state index contributed by atoms with van der Waals surface area (Å²) in [5.74, 6) is 0.669. The van der Waals surface area contributed by atoms with Crippen molar-refractivity contribution < 1.29 is 9.53 Å². The van der Waals surface area contributed by atoms with Gasteiger partial charge in [0.1, 0.15) is 5.75 Å². The van der Waals surface area contributed by atoms with Crippen molar-refractivity contribution in [1.82, 2.24) is 0 Å². The SMILES string of the molecule is CCOc1ccc(Br)cc1C(C)=O. The van der Waals surface area contributed by atoms with Gasteiger partial charge in [0.25, 0.3) is 0 Å². The number of Topliss-reactive ketones (excluding diaryl/α,β-unsaturated/α-hetero) is 1. The maximum Gasteiger partial charge on any atom is 0.163 e. The highest BCUT2D eigenvalue weighted by Crippen LogP contribution is 2.23. The lowest BCUT2D eigenvalue weighted by molar-refractivity contribution is 0.101. The monoisotopic (exact) mass is 242 g/mol. The largest absolute Gasteiger partial charge is 0.493 e. The predicted octanol–water partition coefficient (Wildman–Crippen LogP) is 3.05. The minimum Gasteiger partial charge on any atom is -0.493 e. The Morgan fingerprint density at radius 3 is 2.77 bits per heavy atom. The van der Waals surface area contributed by atoms with Crippen molar-refractivity contribution in [3.8, 4) is 5.75 Å². The van der Waals surface area contributed by atoms with Crippen LogP contribution in [0.4, 0.5) is 0 Å². The molecule has 2 nitrogen and oxygen atoms in total. The van der Waals surface area contributed by atoms with Crippen LogP contribution in [0.25, 0.3) is 0 Å². The molecule has 0 aromatic heterocycles. The van der Waals surface area contributed by atoms with E-state index in [1.165, 1.54) is 6.92 Å². The quantitative estimate of drug-likeness (QED) is 0.762. The summed E-state index contributed by atoms with van der Waals surface area (Å²) in [5, 5.41) is 0. The van der Waals surface area contributed by atoms with Gasteiger partial charge in [0.05, 0.1) is 12.2 Å². The summed E-state index contributed by atoms with van der Waals surface area (Å²) in [4.78, 5) is 11.2. The molecule has 0 saturated heterocycles. The number of hydrogen-bond acceptors (Lipinski definition) is 2. The molecule has 0 heterocycles. The van der Waals surface area contributed by atoms with Crippen molar-refractivity contribution in [2.75, 3.05) is 6.61 Å². The van der Waals surface area contributed by atoms with Gasteiger partial charge in [0.2, 0.25) is 0 Å². The van der Waals surface area contributed by atoms with Crippen LogP contribution in [-0.2, 0) is 0 Å². The molecule has 0 aliphatic heterocycles. The van der Waals surface area contributed by atoms with E-state index in [-0.39, 0.29) is 5.78 Å². The van der Waals surface area contributed by atoms with Crippen molar-refractivity contribution in [2.45, 2.75) is 13.8 Å². The lowest BCUT2D eigenvalue weighted by Crippen LogP contribution is -2.00. The van der Waals surface area contributed by atoms with E-state index in [2.05, 4.69) is 15.9 Å². The molecule has 0 bridgehead atoms. The number of ether oxygens (including phenoxy) is 1. The molecule has 0 fully saturated rings. The van der Waals surface area contributed by atoms with E-state index in [1.54, 1.807) is 12.1 Å². The van der Waals surface area contributed by atoms with Gasteiger partial charge in [0.15, 0.2) is 5.78 Å². The Bertz CT molecular complexity index is 321. The van der Waals surface area contributed by atoms with Gasteiger partial charge < -0.3 is 4.74 Å². The number of hydrogen-bond donors (Lipinski definition) is 0. The topological polar surface area (TPSA) is 26.3 Å². The molecule has 1 aromatic carbocycles. The van der Waals surface area contributed by atoms with Gasteiger partial charge in [-0.15, -0.1) is 0 Å². The van der Waals surface area contributed by atoms with Crippen LogP contribution in [0, 0.1) is 0 Å². The molecule has 3 heteroatoms. The first-order valence-corrected chi connectivity index (χ1v) is 4.87. The average molecular weight is 243 g/mol. The van der Waals surface area contributed by atoms with Crippen LogP contribution in [0.1, 0.15) is 24.2 Å². The highest BCUT2D eigenvalue weighted by molar-refractivity contribution is 9.10. The van der Waals surface area contributed by atoms with Crippen molar-refractivity contribution in [3.63, 3.8) is 0 Å². The molecule has 0 amide bonds. The second kappa shape index (κ2) is 4.42. The third kappa shape index (κ3) is 2.56. The summed E-state index contributed by atoms with van der Waals surface area (Å²) < 4.78 is 6.20.